The van der Waals surface area contributed by atoms with E-state index in [0.717, 1.165) is 23.8 Å². The zero-order valence-corrected chi connectivity index (χ0v) is 11.9. The van der Waals surface area contributed by atoms with E-state index in [1.54, 1.807) is 0 Å². The highest BCUT2D eigenvalue weighted by atomic mass is 15.1. The maximum atomic E-state index is 3.79. The van der Waals surface area contributed by atoms with E-state index in [-0.39, 0.29) is 0 Å². The first-order chi connectivity index (χ1) is 8.20. The molecule has 2 aliphatic rings. The van der Waals surface area contributed by atoms with Gasteiger partial charge in [-0.2, -0.15) is 0 Å². The summed E-state index contributed by atoms with van der Waals surface area (Å²) in [7, 11) is 0. The molecule has 2 fully saturated rings. The molecule has 1 N–H and O–H groups in total. The third-order valence-corrected chi connectivity index (χ3v) is 4.98. The summed E-state index contributed by atoms with van der Waals surface area (Å²) >= 11 is 0. The highest BCUT2D eigenvalue weighted by molar-refractivity contribution is 4.83. The van der Waals surface area contributed by atoms with Crippen LogP contribution in [0.15, 0.2) is 0 Å². The molecule has 100 valence electrons. The Kier molecular flexibility index (Phi) is 4.87. The van der Waals surface area contributed by atoms with Gasteiger partial charge in [-0.15, -0.1) is 0 Å². The highest BCUT2D eigenvalue weighted by Gasteiger charge is 2.29. The van der Waals surface area contributed by atoms with E-state index in [1.807, 2.05) is 0 Å². The molecule has 1 aliphatic carbocycles. The topological polar surface area (TPSA) is 15.3 Å². The predicted molar refractivity (Wildman–Crippen MR) is 74.2 cm³/mol. The molecule has 2 nitrogen and oxygen atoms in total. The summed E-state index contributed by atoms with van der Waals surface area (Å²) in [4.78, 5) is 2.58. The molecule has 0 aromatic heterocycles. The van der Waals surface area contributed by atoms with Crippen molar-refractivity contribution in [3.63, 3.8) is 0 Å². The minimum absolute atomic E-state index is 0.718. The molecule has 0 spiro atoms. The maximum absolute atomic E-state index is 3.79. The number of nitrogens with one attached hydrogen (secondary N) is 1. The fraction of sp³-hybridized carbons (Fsp3) is 1.00. The van der Waals surface area contributed by atoms with Gasteiger partial charge < -0.3 is 10.2 Å². The normalized spacial score (nSPS) is 27.0. The van der Waals surface area contributed by atoms with Crippen LogP contribution in [0.3, 0.4) is 0 Å². The van der Waals surface area contributed by atoms with Crippen LogP contribution in [0.4, 0.5) is 0 Å². The summed E-state index contributed by atoms with van der Waals surface area (Å²) in [5, 5.41) is 3.79. The first kappa shape index (κ1) is 13.4. The fourth-order valence-electron chi connectivity index (χ4n) is 3.14. The molecule has 1 saturated heterocycles. The third-order valence-electron chi connectivity index (χ3n) is 4.98. The molecule has 1 saturated carbocycles. The van der Waals surface area contributed by atoms with E-state index in [0.29, 0.717) is 0 Å². The maximum Gasteiger partial charge on any atom is 0.00680 e. The average molecular weight is 238 g/mol. The molecular formula is C15H30N2. The average Bonchev–Trinajstić information content (AvgIpc) is 3.20. The van der Waals surface area contributed by atoms with Crippen LogP contribution in [0.25, 0.3) is 0 Å². The zero-order chi connectivity index (χ0) is 12.3. The monoisotopic (exact) mass is 238 g/mol. The number of hydrogen-bond donors (Lipinski definition) is 1. The first-order valence-corrected chi connectivity index (χ1v) is 7.66. The summed E-state index contributed by atoms with van der Waals surface area (Å²) in [5.41, 5.74) is 0. The lowest BCUT2D eigenvalue weighted by molar-refractivity contribution is 0.167. The molecule has 17 heavy (non-hydrogen) atoms. The van der Waals surface area contributed by atoms with Crippen molar-refractivity contribution in [1.82, 2.24) is 10.2 Å². The summed E-state index contributed by atoms with van der Waals surface area (Å²) in [6, 6.07) is 0.718. The molecule has 1 aliphatic heterocycles. The molecule has 1 heterocycles. The highest BCUT2D eigenvalue weighted by Crippen LogP contribution is 2.36. The lowest BCUT2D eigenvalue weighted by Crippen LogP contribution is -2.43. The Hall–Kier alpha value is -0.0800. The second-order valence-electron chi connectivity index (χ2n) is 6.28. The smallest absolute Gasteiger partial charge is 0.00680 e. The standard InChI is InChI=1S/C15H30N2/c1-4-17-9-7-15(8-10-17)13(3)16-11-12(2)14-5-6-14/h12-16H,4-11H2,1-3H3. The summed E-state index contributed by atoms with van der Waals surface area (Å²) in [6.07, 6.45) is 5.73. The van der Waals surface area contributed by atoms with Gasteiger partial charge >= 0.3 is 0 Å². The molecule has 2 unspecified atom stereocenters. The number of piperidine rings is 1. The Balaban J connectivity index is 1.63. The van der Waals surface area contributed by atoms with E-state index in [4.69, 9.17) is 0 Å². The van der Waals surface area contributed by atoms with E-state index >= 15 is 0 Å². The molecule has 0 aromatic carbocycles. The second-order valence-corrected chi connectivity index (χ2v) is 6.28. The Morgan fingerprint density at radius 1 is 1.06 bits per heavy atom. The van der Waals surface area contributed by atoms with Crippen molar-refractivity contribution < 1.29 is 0 Å². The van der Waals surface area contributed by atoms with Gasteiger partial charge in [-0.25, -0.2) is 0 Å². The summed E-state index contributed by atoms with van der Waals surface area (Å²) < 4.78 is 0. The lowest BCUT2D eigenvalue weighted by Gasteiger charge is -2.35. The number of hydrogen-bond acceptors (Lipinski definition) is 2. The molecular weight excluding hydrogens is 208 g/mol. The van der Waals surface area contributed by atoms with Crippen LogP contribution < -0.4 is 5.32 Å². The Bertz CT molecular complexity index is 217. The van der Waals surface area contributed by atoms with Gasteiger partial charge in [-0.3, -0.25) is 0 Å². The number of likely N-dealkylation sites (tertiary alicyclic amines) is 1. The summed E-state index contributed by atoms with van der Waals surface area (Å²) in [5.74, 6) is 2.84. The van der Waals surface area contributed by atoms with E-state index in [2.05, 4.69) is 31.0 Å². The number of nitrogens with zero attached hydrogens (tertiary/aromatic N) is 1. The first-order valence-electron chi connectivity index (χ1n) is 7.66. The van der Waals surface area contributed by atoms with E-state index in [1.165, 1.54) is 51.9 Å². The quantitative estimate of drug-likeness (QED) is 0.765. The van der Waals surface area contributed by atoms with Crippen molar-refractivity contribution in [3.8, 4) is 0 Å². The summed E-state index contributed by atoms with van der Waals surface area (Å²) in [6.45, 7) is 12.2. The number of rotatable bonds is 6. The van der Waals surface area contributed by atoms with Crippen LogP contribution in [-0.2, 0) is 0 Å². The Labute approximate surface area is 107 Å². The van der Waals surface area contributed by atoms with E-state index < -0.39 is 0 Å². The molecule has 2 heteroatoms. The van der Waals surface area contributed by atoms with Gasteiger partial charge in [0.25, 0.3) is 0 Å². The fourth-order valence-corrected chi connectivity index (χ4v) is 3.14. The van der Waals surface area contributed by atoms with Gasteiger partial charge in [-0.1, -0.05) is 13.8 Å². The Morgan fingerprint density at radius 2 is 1.71 bits per heavy atom. The van der Waals surface area contributed by atoms with Gasteiger partial charge in [0.15, 0.2) is 0 Å². The van der Waals surface area contributed by atoms with Gasteiger partial charge in [0, 0.05) is 6.04 Å². The Morgan fingerprint density at radius 3 is 2.24 bits per heavy atom. The van der Waals surface area contributed by atoms with Crippen LogP contribution >= 0.6 is 0 Å². The van der Waals surface area contributed by atoms with Crippen molar-refractivity contribution in [2.45, 2.75) is 52.5 Å². The van der Waals surface area contributed by atoms with Crippen molar-refractivity contribution in [1.29, 1.82) is 0 Å². The third kappa shape index (κ3) is 3.96. The molecule has 2 rings (SSSR count). The minimum atomic E-state index is 0.718. The van der Waals surface area contributed by atoms with Crippen LogP contribution in [0.2, 0.25) is 0 Å². The van der Waals surface area contributed by atoms with Gasteiger partial charge in [0.2, 0.25) is 0 Å². The largest absolute Gasteiger partial charge is 0.314 e. The van der Waals surface area contributed by atoms with Crippen LogP contribution in [0.5, 0.6) is 0 Å². The van der Waals surface area contributed by atoms with Crippen molar-refractivity contribution in [2.24, 2.45) is 17.8 Å². The minimum Gasteiger partial charge on any atom is -0.314 e. The van der Waals surface area contributed by atoms with Gasteiger partial charge in [-0.05, 0) is 76.5 Å². The lowest BCUT2D eigenvalue weighted by atomic mass is 9.90. The van der Waals surface area contributed by atoms with Crippen molar-refractivity contribution in [3.05, 3.63) is 0 Å². The van der Waals surface area contributed by atoms with Crippen LogP contribution in [-0.4, -0.2) is 37.1 Å². The molecule has 0 aromatic rings. The molecule has 0 amide bonds. The second kappa shape index (κ2) is 6.19. The van der Waals surface area contributed by atoms with E-state index in [9.17, 15) is 0 Å². The molecule has 0 bridgehead atoms. The van der Waals surface area contributed by atoms with Crippen LogP contribution in [0, 0.1) is 17.8 Å². The van der Waals surface area contributed by atoms with Gasteiger partial charge in [0.05, 0.1) is 0 Å². The van der Waals surface area contributed by atoms with Crippen LogP contribution in [0.1, 0.15) is 46.5 Å². The zero-order valence-electron chi connectivity index (χ0n) is 11.9. The van der Waals surface area contributed by atoms with Gasteiger partial charge in [0.1, 0.15) is 0 Å². The predicted octanol–water partition coefficient (Wildman–Crippen LogP) is 2.74. The SMILES string of the molecule is CCN1CCC(C(C)NCC(C)C2CC2)CC1. The molecule has 0 radical (unpaired) electrons. The molecule has 2 atom stereocenters. The van der Waals surface area contributed by atoms with Crippen molar-refractivity contribution >= 4 is 0 Å². The van der Waals surface area contributed by atoms with Crippen molar-refractivity contribution in [2.75, 3.05) is 26.2 Å².